The third-order valence-electron chi connectivity index (χ3n) is 7.06. The standard InChI is InChI=1S/C30H46N10O9.ClH/c1-14(2)6-17(38-27(45)23-25(36-13-34-23)29(47)40-19(30(48)49)8-21(42)43)10-32-11-20(41)18(7-15(3)4)39-28(46)24-22(33-12-35-24)26(44)37-16(5)9-31;/h12-19,32H,6-11,31H2,1-5H3,(H,33,35)(H,34,36)(H,37,44)(H,38,45)(H,39,46)(H,40,47)(H,42,43)(H,48,49);1H/t16-,17-,18-,19-;/m0./s1. The lowest BCUT2D eigenvalue weighted by atomic mass is 9.99. The van der Waals surface area contributed by atoms with Crippen molar-refractivity contribution in [1.29, 1.82) is 0 Å². The van der Waals surface area contributed by atoms with Crippen LogP contribution in [0.25, 0.3) is 0 Å². The van der Waals surface area contributed by atoms with Crippen LogP contribution in [0.5, 0.6) is 0 Å². The number of H-pyrrole nitrogens is 2. The number of halogens is 1. The third kappa shape index (κ3) is 13.6. The number of hydrogen-bond donors (Lipinski definition) is 10. The second-order valence-electron chi connectivity index (χ2n) is 12.4. The van der Waals surface area contributed by atoms with Gasteiger partial charge in [-0.15, -0.1) is 12.4 Å². The normalized spacial score (nSPS) is 13.4. The summed E-state index contributed by atoms with van der Waals surface area (Å²) in [5.74, 6) is -6.33. The Balaban J connectivity index is 0.0000125. The lowest BCUT2D eigenvalue weighted by Gasteiger charge is -2.23. The number of nitrogens with two attached hydrogens (primary N) is 1. The topological polar surface area (TPSA) is 303 Å². The van der Waals surface area contributed by atoms with Crippen LogP contribution in [0.15, 0.2) is 12.7 Å². The number of nitrogens with one attached hydrogen (secondary N) is 7. The number of carbonyl (C=O) groups is 7. The number of aromatic nitrogens is 4. The smallest absolute Gasteiger partial charge is 0.326 e. The summed E-state index contributed by atoms with van der Waals surface area (Å²) in [5.41, 5.74) is 4.61. The van der Waals surface area contributed by atoms with Crippen LogP contribution >= 0.6 is 12.4 Å². The van der Waals surface area contributed by atoms with Crippen molar-refractivity contribution in [3.8, 4) is 0 Å². The van der Waals surface area contributed by atoms with Gasteiger partial charge in [-0.05, 0) is 31.6 Å². The maximum Gasteiger partial charge on any atom is 0.326 e. The highest BCUT2D eigenvalue weighted by Crippen LogP contribution is 2.11. The predicted molar refractivity (Wildman–Crippen MR) is 181 cm³/mol. The maximum atomic E-state index is 13.3. The minimum absolute atomic E-state index is 0. The fourth-order valence-electron chi connectivity index (χ4n) is 4.72. The van der Waals surface area contributed by atoms with Gasteiger partial charge < -0.3 is 52.5 Å². The molecule has 2 aromatic rings. The molecular formula is C30H47ClN10O9. The SMILES string of the molecule is CC(C)C[C@@H](CNCC(=O)[C@H](CC(C)C)NC(=O)c1[nH]cnc1C(=O)N[C@@H](C)CN)NC(=O)c1nc[nH]c1C(=O)N[C@@H](CC(=O)O)C(=O)O.Cl. The number of aliphatic carboxylic acids is 2. The zero-order valence-corrected chi connectivity index (χ0v) is 29.3. The fourth-order valence-corrected chi connectivity index (χ4v) is 4.72. The van der Waals surface area contributed by atoms with E-state index >= 15 is 0 Å². The van der Waals surface area contributed by atoms with E-state index in [1.54, 1.807) is 6.92 Å². The number of hydrogen-bond acceptors (Lipinski definition) is 11. The molecule has 20 heteroatoms. The van der Waals surface area contributed by atoms with Crippen molar-refractivity contribution in [3.63, 3.8) is 0 Å². The first-order valence-electron chi connectivity index (χ1n) is 15.7. The van der Waals surface area contributed by atoms with E-state index in [1.807, 2.05) is 27.7 Å². The molecule has 0 saturated carbocycles. The van der Waals surface area contributed by atoms with Gasteiger partial charge in [-0.25, -0.2) is 14.8 Å². The van der Waals surface area contributed by atoms with E-state index in [0.717, 1.165) is 6.33 Å². The van der Waals surface area contributed by atoms with E-state index < -0.39 is 60.1 Å². The number of imidazole rings is 2. The van der Waals surface area contributed by atoms with Crippen molar-refractivity contribution in [1.82, 2.24) is 46.5 Å². The monoisotopic (exact) mass is 726 g/mol. The van der Waals surface area contributed by atoms with Gasteiger partial charge in [0.25, 0.3) is 23.6 Å². The zero-order chi connectivity index (χ0) is 36.8. The van der Waals surface area contributed by atoms with E-state index in [2.05, 4.69) is 46.5 Å². The molecule has 4 amide bonds. The van der Waals surface area contributed by atoms with Crippen molar-refractivity contribution in [2.24, 2.45) is 17.6 Å². The molecule has 11 N–H and O–H groups in total. The van der Waals surface area contributed by atoms with Gasteiger partial charge in [-0.2, -0.15) is 0 Å². The summed E-state index contributed by atoms with van der Waals surface area (Å²) in [7, 11) is 0. The van der Waals surface area contributed by atoms with Crippen molar-refractivity contribution in [2.75, 3.05) is 19.6 Å². The summed E-state index contributed by atoms with van der Waals surface area (Å²) in [5, 5.41) is 31.3. The molecular weight excluding hydrogens is 680 g/mol. The Kier molecular flexibility index (Phi) is 17.8. The number of carboxylic acids is 2. The molecule has 0 unspecified atom stereocenters. The van der Waals surface area contributed by atoms with Crippen LogP contribution in [-0.2, 0) is 14.4 Å². The number of Topliss-reactive ketones (excluding diaryl/α,β-unsaturated/α-hetero) is 1. The number of carbonyl (C=O) groups excluding carboxylic acids is 5. The Bertz CT molecular complexity index is 1490. The maximum absolute atomic E-state index is 13.3. The van der Waals surface area contributed by atoms with Crippen LogP contribution < -0.4 is 32.3 Å². The van der Waals surface area contributed by atoms with E-state index in [1.165, 1.54) is 6.33 Å². The van der Waals surface area contributed by atoms with Crippen LogP contribution in [0.3, 0.4) is 0 Å². The highest BCUT2D eigenvalue weighted by Gasteiger charge is 2.29. The fraction of sp³-hybridized carbons (Fsp3) is 0.567. The molecule has 0 spiro atoms. The molecule has 2 rings (SSSR count). The van der Waals surface area contributed by atoms with Gasteiger partial charge in [0.2, 0.25) is 0 Å². The summed E-state index contributed by atoms with van der Waals surface area (Å²) < 4.78 is 0. The van der Waals surface area contributed by atoms with Crippen molar-refractivity contribution in [3.05, 3.63) is 35.4 Å². The molecule has 0 aromatic carbocycles. The Morgan fingerprint density at radius 3 is 1.70 bits per heavy atom. The predicted octanol–water partition coefficient (Wildman–Crippen LogP) is -0.563. The number of aromatic amines is 2. The molecule has 2 aromatic heterocycles. The minimum Gasteiger partial charge on any atom is -0.481 e. The number of ketones is 1. The van der Waals surface area contributed by atoms with E-state index in [0.29, 0.717) is 12.8 Å². The first kappa shape index (κ1) is 43.1. The highest BCUT2D eigenvalue weighted by molar-refractivity contribution is 6.07. The second-order valence-corrected chi connectivity index (χ2v) is 12.4. The molecule has 0 saturated heterocycles. The molecule has 0 bridgehead atoms. The molecule has 0 aliphatic heterocycles. The molecule has 50 heavy (non-hydrogen) atoms. The summed E-state index contributed by atoms with van der Waals surface area (Å²) in [4.78, 5) is 100. The molecule has 0 radical (unpaired) electrons. The number of nitrogens with zero attached hydrogens (tertiary/aromatic N) is 2. The average molecular weight is 727 g/mol. The second kappa shape index (κ2) is 20.6. The first-order chi connectivity index (χ1) is 23.0. The van der Waals surface area contributed by atoms with Crippen LogP contribution in [0.1, 0.15) is 95.8 Å². The van der Waals surface area contributed by atoms with Crippen molar-refractivity contribution >= 4 is 53.8 Å². The van der Waals surface area contributed by atoms with E-state index in [4.69, 9.17) is 10.8 Å². The van der Waals surface area contributed by atoms with Gasteiger partial charge in [-0.1, -0.05) is 27.7 Å². The summed E-state index contributed by atoms with van der Waals surface area (Å²) in [6.07, 6.45) is 2.14. The molecule has 19 nitrogen and oxygen atoms in total. The molecule has 278 valence electrons. The third-order valence-corrected chi connectivity index (χ3v) is 7.06. The van der Waals surface area contributed by atoms with Gasteiger partial charge in [0.05, 0.1) is 31.7 Å². The average Bonchev–Trinajstić information content (AvgIpc) is 3.70. The molecule has 2 heterocycles. The highest BCUT2D eigenvalue weighted by atomic mass is 35.5. The summed E-state index contributed by atoms with van der Waals surface area (Å²) >= 11 is 0. The van der Waals surface area contributed by atoms with Crippen LogP contribution in [0.2, 0.25) is 0 Å². The minimum atomic E-state index is -1.74. The Morgan fingerprint density at radius 1 is 0.740 bits per heavy atom. The van der Waals surface area contributed by atoms with Crippen LogP contribution in [-0.4, -0.2) is 115 Å². The van der Waals surface area contributed by atoms with Gasteiger partial charge in [-0.3, -0.25) is 28.8 Å². The van der Waals surface area contributed by atoms with Crippen LogP contribution in [0.4, 0.5) is 0 Å². The first-order valence-corrected chi connectivity index (χ1v) is 15.7. The lowest BCUT2D eigenvalue weighted by Crippen LogP contribution is -2.49. The molecule has 0 fully saturated rings. The largest absolute Gasteiger partial charge is 0.481 e. The quantitative estimate of drug-likeness (QED) is 0.0772. The van der Waals surface area contributed by atoms with Gasteiger partial charge in [0, 0.05) is 25.2 Å². The number of carboxylic acid groups (broad SMARTS) is 2. The van der Waals surface area contributed by atoms with Crippen LogP contribution in [0, 0.1) is 11.8 Å². The molecule has 0 aliphatic carbocycles. The zero-order valence-electron chi connectivity index (χ0n) is 28.5. The van der Waals surface area contributed by atoms with Gasteiger partial charge >= 0.3 is 11.9 Å². The van der Waals surface area contributed by atoms with E-state index in [9.17, 15) is 38.7 Å². The number of rotatable bonds is 21. The van der Waals surface area contributed by atoms with Gasteiger partial charge in [0.1, 0.15) is 17.4 Å². The molecule has 4 atom stereocenters. The summed E-state index contributed by atoms with van der Waals surface area (Å²) in [6.45, 7) is 9.43. The Hall–Kier alpha value is -4.88. The lowest BCUT2D eigenvalue weighted by molar-refractivity contribution is -0.145. The Labute approximate surface area is 294 Å². The van der Waals surface area contributed by atoms with E-state index in [-0.39, 0.29) is 78.5 Å². The molecule has 0 aliphatic rings. The van der Waals surface area contributed by atoms with Gasteiger partial charge in [0.15, 0.2) is 17.2 Å². The number of amides is 4. The van der Waals surface area contributed by atoms with Crippen molar-refractivity contribution in [2.45, 2.75) is 78.0 Å². The summed E-state index contributed by atoms with van der Waals surface area (Å²) in [6, 6.07) is -3.56. The van der Waals surface area contributed by atoms with Crippen molar-refractivity contribution < 1.29 is 43.8 Å². The Morgan fingerprint density at radius 2 is 1.24 bits per heavy atom.